The van der Waals surface area contributed by atoms with Gasteiger partial charge in [-0.3, -0.25) is 4.98 Å². The number of carbonyl (C=O) groups excluding carboxylic acids is 1. The molecule has 0 aliphatic rings. The van der Waals surface area contributed by atoms with Crippen molar-refractivity contribution < 1.29 is 9.53 Å². The number of hydrogen-bond acceptors (Lipinski definition) is 4. The SMILES string of the molecule is CCOC(=O)c1cnc2c(C)cc(Cl)cc2c1Nc1ccccc1CC. The third-order valence-electron chi connectivity index (χ3n) is 4.28. The zero-order valence-electron chi connectivity index (χ0n) is 15.1. The Bertz CT molecular complexity index is 970. The fraction of sp³-hybridized carbons (Fsp3) is 0.238. The fourth-order valence-electron chi connectivity index (χ4n) is 3.02. The van der Waals surface area contributed by atoms with E-state index >= 15 is 0 Å². The normalized spacial score (nSPS) is 10.8. The lowest BCUT2D eigenvalue weighted by Gasteiger charge is -2.17. The standard InChI is InChI=1S/C21H21ClN2O2/c1-4-14-8-6-7-9-18(14)24-20-16-11-15(22)10-13(3)19(16)23-12-17(20)21(25)26-5-2/h6-12H,4-5H2,1-3H3,(H,23,24). The van der Waals surface area contributed by atoms with E-state index in [2.05, 4.69) is 23.3 Å². The number of pyridine rings is 1. The van der Waals surface area contributed by atoms with Gasteiger partial charge < -0.3 is 10.1 Å². The Kier molecular flexibility index (Phi) is 5.43. The van der Waals surface area contributed by atoms with E-state index in [1.807, 2.05) is 37.3 Å². The van der Waals surface area contributed by atoms with Crippen LogP contribution in [0.1, 0.15) is 35.3 Å². The van der Waals surface area contributed by atoms with Crippen LogP contribution in [-0.2, 0) is 11.2 Å². The molecule has 0 radical (unpaired) electrons. The first-order valence-electron chi connectivity index (χ1n) is 8.66. The van der Waals surface area contributed by atoms with Crippen molar-refractivity contribution in [1.82, 2.24) is 4.98 Å². The number of nitrogens with zero attached hydrogens (tertiary/aromatic N) is 1. The van der Waals surface area contributed by atoms with Crippen LogP contribution in [0.15, 0.2) is 42.6 Å². The number of esters is 1. The highest BCUT2D eigenvalue weighted by Crippen LogP contribution is 2.34. The molecule has 1 heterocycles. The van der Waals surface area contributed by atoms with E-state index in [1.165, 1.54) is 0 Å². The summed E-state index contributed by atoms with van der Waals surface area (Å²) in [6.07, 6.45) is 2.44. The number of hydrogen-bond donors (Lipinski definition) is 1. The molecule has 0 atom stereocenters. The predicted molar refractivity (Wildman–Crippen MR) is 107 cm³/mol. The Balaban J connectivity index is 2.24. The smallest absolute Gasteiger partial charge is 0.341 e. The van der Waals surface area contributed by atoms with Gasteiger partial charge in [0, 0.05) is 22.3 Å². The molecule has 1 aromatic heterocycles. The van der Waals surface area contributed by atoms with E-state index in [0.717, 1.165) is 34.1 Å². The molecule has 0 fully saturated rings. The van der Waals surface area contributed by atoms with Crippen LogP contribution in [0.4, 0.5) is 11.4 Å². The summed E-state index contributed by atoms with van der Waals surface area (Å²) in [4.78, 5) is 17.0. The van der Waals surface area contributed by atoms with Crippen molar-refractivity contribution in [1.29, 1.82) is 0 Å². The van der Waals surface area contributed by atoms with Crippen molar-refractivity contribution >= 4 is 39.8 Å². The quantitative estimate of drug-likeness (QED) is 0.588. The van der Waals surface area contributed by atoms with E-state index in [4.69, 9.17) is 16.3 Å². The third kappa shape index (κ3) is 3.51. The first-order valence-corrected chi connectivity index (χ1v) is 9.03. The lowest BCUT2D eigenvalue weighted by atomic mass is 10.0. The van der Waals surface area contributed by atoms with E-state index in [1.54, 1.807) is 13.1 Å². The fourth-order valence-corrected chi connectivity index (χ4v) is 3.29. The molecule has 0 saturated carbocycles. The van der Waals surface area contributed by atoms with Crippen LogP contribution in [0, 0.1) is 6.92 Å². The summed E-state index contributed by atoms with van der Waals surface area (Å²) in [6.45, 7) is 6.14. The highest BCUT2D eigenvalue weighted by molar-refractivity contribution is 6.31. The summed E-state index contributed by atoms with van der Waals surface area (Å²) in [5.74, 6) is -0.406. The molecule has 0 aliphatic carbocycles. The number of rotatable bonds is 5. The van der Waals surface area contributed by atoms with Gasteiger partial charge in [0.15, 0.2) is 0 Å². The number of fused-ring (bicyclic) bond motifs is 1. The Hall–Kier alpha value is -2.59. The van der Waals surface area contributed by atoms with E-state index < -0.39 is 5.97 Å². The zero-order chi connectivity index (χ0) is 18.7. The molecule has 3 aromatic rings. The largest absolute Gasteiger partial charge is 0.462 e. The van der Waals surface area contributed by atoms with Crippen molar-refractivity contribution in [3.63, 3.8) is 0 Å². The van der Waals surface area contributed by atoms with Gasteiger partial charge in [0.25, 0.3) is 0 Å². The minimum Gasteiger partial charge on any atom is -0.462 e. The molecule has 0 amide bonds. The number of aryl methyl sites for hydroxylation is 2. The second-order valence-electron chi connectivity index (χ2n) is 6.02. The molecule has 2 aromatic carbocycles. The minimum atomic E-state index is -0.406. The summed E-state index contributed by atoms with van der Waals surface area (Å²) in [5.41, 5.74) is 4.93. The second kappa shape index (κ2) is 7.75. The molecule has 0 unspecified atom stereocenters. The molecule has 1 N–H and O–H groups in total. The Morgan fingerprint density at radius 1 is 1.23 bits per heavy atom. The molecule has 0 saturated heterocycles. The van der Waals surface area contributed by atoms with E-state index in [9.17, 15) is 4.79 Å². The maximum atomic E-state index is 12.5. The first-order chi connectivity index (χ1) is 12.5. The van der Waals surface area contributed by atoms with Gasteiger partial charge in [-0.1, -0.05) is 36.7 Å². The molecule has 0 aliphatic heterocycles. The molecule has 0 bridgehead atoms. The number of ether oxygens (including phenoxy) is 1. The molecule has 4 nitrogen and oxygen atoms in total. The van der Waals surface area contributed by atoms with Crippen molar-refractivity contribution in [3.05, 3.63) is 64.3 Å². The summed E-state index contributed by atoms with van der Waals surface area (Å²) in [5, 5.41) is 4.83. The van der Waals surface area contributed by atoms with Crippen LogP contribution in [0.5, 0.6) is 0 Å². The zero-order valence-corrected chi connectivity index (χ0v) is 15.9. The van der Waals surface area contributed by atoms with Crippen molar-refractivity contribution in [2.24, 2.45) is 0 Å². The average molecular weight is 369 g/mol. The van der Waals surface area contributed by atoms with Gasteiger partial charge in [-0.15, -0.1) is 0 Å². The van der Waals surface area contributed by atoms with Crippen LogP contribution in [0.2, 0.25) is 5.02 Å². The molecule has 5 heteroatoms. The highest BCUT2D eigenvalue weighted by Gasteiger charge is 2.19. The topological polar surface area (TPSA) is 51.2 Å². The highest BCUT2D eigenvalue weighted by atomic mass is 35.5. The van der Waals surface area contributed by atoms with Crippen LogP contribution in [0.25, 0.3) is 10.9 Å². The van der Waals surface area contributed by atoms with E-state index in [-0.39, 0.29) is 0 Å². The average Bonchev–Trinajstić information content (AvgIpc) is 2.62. The lowest BCUT2D eigenvalue weighted by molar-refractivity contribution is 0.0527. The maximum Gasteiger partial charge on any atom is 0.341 e. The van der Waals surface area contributed by atoms with Gasteiger partial charge in [0.05, 0.1) is 17.8 Å². The van der Waals surface area contributed by atoms with Gasteiger partial charge in [0.1, 0.15) is 5.56 Å². The maximum absolute atomic E-state index is 12.5. The Morgan fingerprint density at radius 2 is 2.00 bits per heavy atom. The van der Waals surface area contributed by atoms with Crippen molar-refractivity contribution in [2.75, 3.05) is 11.9 Å². The number of nitrogens with one attached hydrogen (secondary N) is 1. The predicted octanol–water partition coefficient (Wildman–Crippen LogP) is 5.68. The molecule has 3 rings (SSSR count). The Labute approximate surface area is 158 Å². The number of halogens is 1. The monoisotopic (exact) mass is 368 g/mol. The van der Waals surface area contributed by atoms with Crippen LogP contribution in [-0.4, -0.2) is 17.6 Å². The summed E-state index contributed by atoms with van der Waals surface area (Å²) < 4.78 is 5.22. The lowest BCUT2D eigenvalue weighted by Crippen LogP contribution is -2.10. The molecular weight excluding hydrogens is 348 g/mol. The van der Waals surface area contributed by atoms with Gasteiger partial charge in [-0.25, -0.2) is 4.79 Å². The number of benzene rings is 2. The number of aromatic nitrogens is 1. The minimum absolute atomic E-state index is 0.302. The molecular formula is C21H21ClN2O2. The first kappa shape index (κ1) is 18.2. The molecule has 0 spiro atoms. The summed E-state index contributed by atoms with van der Waals surface area (Å²) >= 11 is 6.28. The van der Waals surface area contributed by atoms with Gasteiger partial charge in [0.2, 0.25) is 0 Å². The third-order valence-corrected chi connectivity index (χ3v) is 4.50. The number of para-hydroxylation sites is 1. The summed E-state index contributed by atoms with van der Waals surface area (Å²) in [6, 6.07) is 11.7. The van der Waals surface area contributed by atoms with Crippen molar-refractivity contribution in [3.8, 4) is 0 Å². The van der Waals surface area contributed by atoms with Gasteiger partial charge in [-0.2, -0.15) is 0 Å². The van der Waals surface area contributed by atoms with Crippen molar-refractivity contribution in [2.45, 2.75) is 27.2 Å². The summed E-state index contributed by atoms with van der Waals surface area (Å²) in [7, 11) is 0. The Morgan fingerprint density at radius 3 is 2.73 bits per heavy atom. The molecule has 26 heavy (non-hydrogen) atoms. The second-order valence-corrected chi connectivity index (χ2v) is 6.46. The van der Waals surface area contributed by atoms with Crippen LogP contribution >= 0.6 is 11.6 Å². The molecule has 134 valence electrons. The number of carbonyl (C=O) groups is 1. The van der Waals surface area contributed by atoms with Gasteiger partial charge >= 0.3 is 5.97 Å². The van der Waals surface area contributed by atoms with E-state index in [0.29, 0.717) is 22.9 Å². The van der Waals surface area contributed by atoms with Gasteiger partial charge in [-0.05, 0) is 49.6 Å². The van der Waals surface area contributed by atoms with Crippen LogP contribution in [0.3, 0.4) is 0 Å². The van der Waals surface area contributed by atoms with Crippen LogP contribution < -0.4 is 5.32 Å². The number of anilines is 2.